The summed E-state index contributed by atoms with van der Waals surface area (Å²) in [6.45, 7) is 0. The maximum absolute atomic E-state index is 12.9. The second-order valence-electron chi connectivity index (χ2n) is 5.50. The van der Waals surface area contributed by atoms with Crippen LogP contribution in [-0.2, 0) is 6.18 Å². The molecule has 0 atom stereocenters. The average Bonchev–Trinajstić information content (AvgIpc) is 2.53. The summed E-state index contributed by atoms with van der Waals surface area (Å²) >= 11 is 3.00. The number of hydrogen-bond acceptors (Lipinski definition) is 4. The number of benzene rings is 2. The molecule has 0 aliphatic heterocycles. The van der Waals surface area contributed by atoms with Crippen LogP contribution in [0.25, 0.3) is 0 Å². The molecule has 0 aromatic heterocycles. The van der Waals surface area contributed by atoms with E-state index in [9.17, 15) is 28.1 Å². The maximum atomic E-state index is 12.9. The Kier molecular flexibility index (Phi) is 5.55. The summed E-state index contributed by atoms with van der Waals surface area (Å²) < 4.78 is 39.0. The Bertz CT molecular complexity index is 870. The lowest BCUT2D eigenvalue weighted by atomic mass is 10.1. The van der Waals surface area contributed by atoms with Crippen molar-refractivity contribution in [1.82, 2.24) is 0 Å². The molecular formula is C16H13BrF3N3O3. The molecule has 0 fully saturated rings. The van der Waals surface area contributed by atoms with Gasteiger partial charge in [0.05, 0.1) is 26.3 Å². The van der Waals surface area contributed by atoms with Crippen molar-refractivity contribution in [3.8, 4) is 0 Å². The van der Waals surface area contributed by atoms with Gasteiger partial charge in [0.25, 0.3) is 11.6 Å². The molecule has 6 nitrogen and oxygen atoms in total. The van der Waals surface area contributed by atoms with Crippen molar-refractivity contribution >= 4 is 38.9 Å². The molecule has 0 heterocycles. The SMILES string of the molecule is CN(C)c1ccc(C(F)(F)F)cc1NC(=O)c1ccc(Br)c([N+](=O)[O-])c1. The molecule has 0 bridgehead atoms. The minimum atomic E-state index is -4.57. The fourth-order valence-electron chi connectivity index (χ4n) is 2.19. The Hall–Kier alpha value is -2.62. The van der Waals surface area contributed by atoms with Crippen LogP contribution < -0.4 is 10.2 Å². The maximum Gasteiger partial charge on any atom is 0.416 e. The Morgan fingerprint density at radius 2 is 1.85 bits per heavy atom. The molecule has 1 amide bonds. The lowest BCUT2D eigenvalue weighted by molar-refractivity contribution is -0.385. The lowest BCUT2D eigenvalue weighted by Crippen LogP contribution is -2.18. The molecule has 138 valence electrons. The molecular weight excluding hydrogens is 419 g/mol. The van der Waals surface area contributed by atoms with Crippen molar-refractivity contribution < 1.29 is 22.9 Å². The Morgan fingerprint density at radius 3 is 2.38 bits per heavy atom. The molecule has 10 heteroatoms. The summed E-state index contributed by atoms with van der Waals surface area (Å²) in [6.07, 6.45) is -4.57. The van der Waals surface area contributed by atoms with Crippen LogP contribution in [0, 0.1) is 10.1 Å². The molecule has 0 spiro atoms. The number of nitro groups is 1. The van der Waals surface area contributed by atoms with Crippen LogP contribution in [0.4, 0.5) is 30.2 Å². The number of anilines is 2. The van der Waals surface area contributed by atoms with Crippen molar-refractivity contribution in [2.75, 3.05) is 24.3 Å². The number of rotatable bonds is 4. The first-order valence-corrected chi connectivity index (χ1v) is 7.94. The Labute approximate surface area is 154 Å². The van der Waals surface area contributed by atoms with E-state index in [4.69, 9.17) is 0 Å². The second kappa shape index (κ2) is 7.32. The number of hydrogen-bond donors (Lipinski definition) is 1. The number of carbonyl (C=O) groups is 1. The van der Waals surface area contributed by atoms with E-state index in [1.807, 2.05) is 0 Å². The van der Waals surface area contributed by atoms with Gasteiger partial charge < -0.3 is 10.2 Å². The molecule has 1 N–H and O–H groups in total. The zero-order chi connectivity index (χ0) is 19.6. The summed E-state index contributed by atoms with van der Waals surface area (Å²) in [4.78, 5) is 24.2. The molecule has 2 aromatic carbocycles. The highest BCUT2D eigenvalue weighted by Gasteiger charge is 2.31. The fourth-order valence-corrected chi connectivity index (χ4v) is 2.58. The van der Waals surface area contributed by atoms with Crippen LogP contribution in [0.5, 0.6) is 0 Å². The van der Waals surface area contributed by atoms with Gasteiger partial charge in [-0.05, 0) is 46.3 Å². The van der Waals surface area contributed by atoms with Crippen molar-refractivity contribution in [3.63, 3.8) is 0 Å². The smallest absolute Gasteiger partial charge is 0.376 e. The quantitative estimate of drug-likeness (QED) is 0.562. The van der Waals surface area contributed by atoms with Gasteiger partial charge in [0.2, 0.25) is 0 Å². The summed E-state index contributed by atoms with van der Waals surface area (Å²) in [6, 6.07) is 6.67. The number of carbonyl (C=O) groups excluding carboxylic acids is 1. The third-order valence-electron chi connectivity index (χ3n) is 3.46. The summed E-state index contributed by atoms with van der Waals surface area (Å²) in [5.41, 5.74) is -0.991. The molecule has 0 unspecified atom stereocenters. The van der Waals surface area contributed by atoms with Gasteiger partial charge in [0, 0.05) is 25.7 Å². The first-order chi connectivity index (χ1) is 12.0. The summed E-state index contributed by atoms with van der Waals surface area (Å²) in [5, 5.41) is 13.4. The highest BCUT2D eigenvalue weighted by atomic mass is 79.9. The van der Waals surface area contributed by atoms with E-state index in [0.717, 1.165) is 18.2 Å². The van der Waals surface area contributed by atoms with Crippen LogP contribution in [0.15, 0.2) is 40.9 Å². The van der Waals surface area contributed by atoms with Crippen LogP contribution in [0.3, 0.4) is 0 Å². The van der Waals surface area contributed by atoms with Gasteiger partial charge >= 0.3 is 6.18 Å². The molecule has 2 aromatic rings. The van der Waals surface area contributed by atoms with Crippen molar-refractivity contribution in [2.24, 2.45) is 0 Å². The number of alkyl halides is 3. The minimum absolute atomic E-state index is 0.0537. The summed E-state index contributed by atoms with van der Waals surface area (Å²) in [7, 11) is 3.23. The number of halogens is 4. The van der Waals surface area contributed by atoms with Crippen molar-refractivity contribution in [2.45, 2.75) is 6.18 Å². The normalized spacial score (nSPS) is 11.2. The van der Waals surface area contributed by atoms with Crippen LogP contribution >= 0.6 is 15.9 Å². The van der Waals surface area contributed by atoms with Crippen molar-refractivity contribution in [3.05, 3.63) is 62.1 Å². The van der Waals surface area contributed by atoms with Gasteiger partial charge in [-0.25, -0.2) is 0 Å². The lowest BCUT2D eigenvalue weighted by Gasteiger charge is -2.20. The number of amides is 1. The van der Waals surface area contributed by atoms with E-state index in [-0.39, 0.29) is 21.4 Å². The molecule has 0 saturated carbocycles. The van der Waals surface area contributed by atoms with Crippen LogP contribution in [0.1, 0.15) is 15.9 Å². The predicted octanol–water partition coefficient (Wildman–Crippen LogP) is 4.69. The van der Waals surface area contributed by atoms with Gasteiger partial charge in [-0.1, -0.05) is 0 Å². The standard InChI is InChI=1S/C16H13BrF3N3O3/c1-22(2)13-6-4-10(16(18,19)20)8-12(13)21-15(24)9-3-5-11(17)14(7-9)23(25)26/h3-8H,1-2H3,(H,21,24). The van der Waals surface area contributed by atoms with Crippen LogP contribution in [-0.4, -0.2) is 24.9 Å². The topological polar surface area (TPSA) is 75.5 Å². The zero-order valence-corrected chi connectivity index (χ0v) is 15.2. The second-order valence-corrected chi connectivity index (χ2v) is 6.36. The molecule has 0 aliphatic rings. The Balaban J connectivity index is 2.42. The summed E-state index contributed by atoms with van der Waals surface area (Å²) in [5.74, 6) is -0.761. The monoisotopic (exact) mass is 431 g/mol. The van der Waals surface area contributed by atoms with Gasteiger partial charge in [0.15, 0.2) is 0 Å². The molecule has 0 radical (unpaired) electrons. The molecule has 26 heavy (non-hydrogen) atoms. The van der Waals surface area contributed by atoms with E-state index < -0.39 is 22.6 Å². The van der Waals surface area contributed by atoms with Gasteiger partial charge in [0.1, 0.15) is 0 Å². The fraction of sp³-hybridized carbons (Fsp3) is 0.188. The largest absolute Gasteiger partial charge is 0.416 e. The Morgan fingerprint density at radius 1 is 1.19 bits per heavy atom. The number of nitro benzene ring substituents is 1. The first kappa shape index (κ1) is 19.7. The van der Waals surface area contributed by atoms with E-state index in [2.05, 4.69) is 21.2 Å². The molecule has 0 aliphatic carbocycles. The molecule has 0 saturated heterocycles. The van der Waals surface area contributed by atoms with Gasteiger partial charge in [-0.2, -0.15) is 13.2 Å². The predicted molar refractivity (Wildman–Crippen MR) is 94.5 cm³/mol. The third-order valence-corrected chi connectivity index (χ3v) is 4.13. The number of nitrogens with zero attached hydrogens (tertiary/aromatic N) is 2. The first-order valence-electron chi connectivity index (χ1n) is 7.14. The minimum Gasteiger partial charge on any atom is -0.376 e. The van der Waals surface area contributed by atoms with Crippen LogP contribution in [0.2, 0.25) is 0 Å². The third kappa shape index (κ3) is 4.31. The molecule has 2 rings (SSSR count). The van der Waals surface area contributed by atoms with E-state index in [1.54, 1.807) is 19.0 Å². The highest BCUT2D eigenvalue weighted by Crippen LogP contribution is 2.35. The average molecular weight is 432 g/mol. The highest BCUT2D eigenvalue weighted by molar-refractivity contribution is 9.10. The number of nitrogens with one attached hydrogen (secondary N) is 1. The van der Waals surface area contributed by atoms with E-state index >= 15 is 0 Å². The van der Waals surface area contributed by atoms with E-state index in [1.165, 1.54) is 18.2 Å². The van der Waals surface area contributed by atoms with Gasteiger partial charge in [-0.15, -0.1) is 0 Å². The van der Waals surface area contributed by atoms with Crippen molar-refractivity contribution in [1.29, 1.82) is 0 Å². The zero-order valence-electron chi connectivity index (χ0n) is 13.6. The van der Waals surface area contributed by atoms with Gasteiger partial charge in [-0.3, -0.25) is 14.9 Å². The van der Waals surface area contributed by atoms with E-state index in [0.29, 0.717) is 5.69 Å².